The molecule has 0 aromatic heterocycles. The molecule has 2 aliphatic rings. The summed E-state index contributed by atoms with van der Waals surface area (Å²) >= 11 is 2.38. The molecule has 0 spiro atoms. The lowest BCUT2D eigenvalue weighted by molar-refractivity contribution is -0.150. The summed E-state index contributed by atoms with van der Waals surface area (Å²) in [5.74, 6) is 0.552. The standard InChI is InChI=1S/C9H13IO2/c1-6(10)8-5-12-9-7(8)3-2-4-11-9/h7,9H,2-5H2,1H3/b8-6+/t7-,9+/m1/s1. The minimum atomic E-state index is 0.0680. The molecule has 2 heterocycles. The Morgan fingerprint density at radius 2 is 2.33 bits per heavy atom. The normalized spacial score (nSPS) is 39.5. The summed E-state index contributed by atoms with van der Waals surface area (Å²) in [4.78, 5) is 0. The van der Waals surface area contributed by atoms with Crippen molar-refractivity contribution in [1.82, 2.24) is 0 Å². The average molecular weight is 280 g/mol. The fourth-order valence-electron chi connectivity index (χ4n) is 1.89. The van der Waals surface area contributed by atoms with Crippen LogP contribution in [-0.2, 0) is 9.47 Å². The van der Waals surface area contributed by atoms with Crippen molar-refractivity contribution in [3.05, 3.63) is 9.15 Å². The molecule has 0 aliphatic carbocycles. The van der Waals surface area contributed by atoms with Gasteiger partial charge in [-0.2, -0.15) is 0 Å². The van der Waals surface area contributed by atoms with Gasteiger partial charge in [0.1, 0.15) is 0 Å². The molecule has 0 amide bonds. The van der Waals surface area contributed by atoms with Crippen LogP contribution in [0.5, 0.6) is 0 Å². The molecule has 2 nitrogen and oxygen atoms in total. The molecule has 0 unspecified atom stereocenters. The van der Waals surface area contributed by atoms with Crippen molar-refractivity contribution < 1.29 is 9.47 Å². The van der Waals surface area contributed by atoms with Gasteiger partial charge in [0.15, 0.2) is 6.29 Å². The second-order valence-corrected chi connectivity index (χ2v) is 4.98. The van der Waals surface area contributed by atoms with Crippen molar-refractivity contribution in [3.8, 4) is 0 Å². The summed E-state index contributed by atoms with van der Waals surface area (Å²) in [6.07, 6.45) is 2.48. The van der Waals surface area contributed by atoms with Gasteiger partial charge in [0.2, 0.25) is 0 Å². The van der Waals surface area contributed by atoms with Gasteiger partial charge in [0.05, 0.1) is 6.61 Å². The number of hydrogen-bond donors (Lipinski definition) is 0. The third-order valence-electron chi connectivity index (χ3n) is 2.56. The summed E-state index contributed by atoms with van der Waals surface area (Å²) in [5.41, 5.74) is 1.46. The van der Waals surface area contributed by atoms with E-state index < -0.39 is 0 Å². The maximum Gasteiger partial charge on any atom is 0.164 e. The number of hydrogen-bond acceptors (Lipinski definition) is 2. The molecule has 3 heteroatoms. The summed E-state index contributed by atoms with van der Waals surface area (Å²) in [6, 6.07) is 0. The lowest BCUT2D eigenvalue weighted by Crippen LogP contribution is -2.26. The lowest BCUT2D eigenvalue weighted by Gasteiger charge is -2.24. The molecule has 2 saturated heterocycles. The van der Waals surface area contributed by atoms with Crippen molar-refractivity contribution in [2.75, 3.05) is 13.2 Å². The molecule has 0 radical (unpaired) electrons. The average Bonchev–Trinajstić information content (AvgIpc) is 2.47. The Balaban J connectivity index is 2.16. The summed E-state index contributed by atoms with van der Waals surface area (Å²) in [7, 11) is 0. The van der Waals surface area contributed by atoms with E-state index in [1.54, 1.807) is 0 Å². The Morgan fingerprint density at radius 3 is 3.08 bits per heavy atom. The maximum absolute atomic E-state index is 5.55. The van der Waals surface area contributed by atoms with Gasteiger partial charge < -0.3 is 9.47 Å². The van der Waals surface area contributed by atoms with E-state index in [0.717, 1.165) is 13.2 Å². The molecule has 0 saturated carbocycles. The molecule has 2 fully saturated rings. The Kier molecular flexibility index (Phi) is 2.72. The first-order valence-electron chi connectivity index (χ1n) is 4.37. The fourth-order valence-corrected chi connectivity index (χ4v) is 2.45. The van der Waals surface area contributed by atoms with Gasteiger partial charge in [-0.1, -0.05) is 0 Å². The first kappa shape index (κ1) is 8.97. The van der Waals surface area contributed by atoms with Crippen molar-refractivity contribution in [2.24, 2.45) is 5.92 Å². The predicted octanol–water partition coefficient (Wildman–Crippen LogP) is 2.48. The highest BCUT2D eigenvalue weighted by atomic mass is 127. The second kappa shape index (κ2) is 3.64. The highest BCUT2D eigenvalue weighted by Gasteiger charge is 2.36. The molecular formula is C9H13IO2. The van der Waals surface area contributed by atoms with Crippen LogP contribution >= 0.6 is 22.6 Å². The van der Waals surface area contributed by atoms with Crippen LogP contribution in [0.3, 0.4) is 0 Å². The van der Waals surface area contributed by atoms with Gasteiger partial charge in [-0.05, 0) is 51.5 Å². The van der Waals surface area contributed by atoms with Crippen molar-refractivity contribution in [3.63, 3.8) is 0 Å². The minimum absolute atomic E-state index is 0.0680. The molecule has 0 aromatic rings. The highest BCUT2D eigenvalue weighted by molar-refractivity contribution is 14.1. The molecule has 0 N–H and O–H groups in total. The Bertz CT molecular complexity index is 209. The first-order valence-corrected chi connectivity index (χ1v) is 5.45. The Morgan fingerprint density at radius 1 is 1.50 bits per heavy atom. The van der Waals surface area contributed by atoms with Gasteiger partial charge in [0, 0.05) is 12.5 Å². The number of fused-ring (bicyclic) bond motifs is 1. The SMILES string of the molecule is C/C(I)=C1/CO[C@@H]2OCCC[C@H]12. The van der Waals surface area contributed by atoms with Crippen LogP contribution in [0.2, 0.25) is 0 Å². The predicted molar refractivity (Wildman–Crippen MR) is 55.1 cm³/mol. The van der Waals surface area contributed by atoms with Crippen LogP contribution in [0.1, 0.15) is 19.8 Å². The largest absolute Gasteiger partial charge is 0.352 e. The molecule has 2 atom stereocenters. The van der Waals surface area contributed by atoms with Gasteiger partial charge in [0.25, 0.3) is 0 Å². The van der Waals surface area contributed by atoms with Crippen LogP contribution in [0.15, 0.2) is 9.15 Å². The highest BCUT2D eigenvalue weighted by Crippen LogP contribution is 2.37. The summed E-state index contributed by atoms with van der Waals surface area (Å²) in [6.45, 7) is 3.80. The number of halogens is 1. The number of allylic oxidation sites excluding steroid dienone is 1. The van der Waals surface area contributed by atoms with Crippen LogP contribution in [-0.4, -0.2) is 19.5 Å². The molecule has 0 bridgehead atoms. The van der Waals surface area contributed by atoms with Crippen LogP contribution in [0.25, 0.3) is 0 Å². The van der Waals surface area contributed by atoms with Gasteiger partial charge >= 0.3 is 0 Å². The van der Waals surface area contributed by atoms with Gasteiger partial charge in [-0.3, -0.25) is 0 Å². The third kappa shape index (κ3) is 1.54. The van der Waals surface area contributed by atoms with E-state index in [0.29, 0.717) is 5.92 Å². The van der Waals surface area contributed by atoms with Gasteiger partial charge in [-0.25, -0.2) is 0 Å². The minimum Gasteiger partial charge on any atom is -0.352 e. The quantitative estimate of drug-likeness (QED) is 0.635. The smallest absolute Gasteiger partial charge is 0.164 e. The zero-order chi connectivity index (χ0) is 8.55. The molecule has 12 heavy (non-hydrogen) atoms. The third-order valence-corrected chi connectivity index (χ3v) is 3.26. The van der Waals surface area contributed by atoms with Crippen LogP contribution in [0.4, 0.5) is 0 Å². The van der Waals surface area contributed by atoms with E-state index >= 15 is 0 Å². The number of ether oxygens (including phenoxy) is 2. The second-order valence-electron chi connectivity index (χ2n) is 3.36. The van der Waals surface area contributed by atoms with E-state index in [2.05, 4.69) is 29.5 Å². The molecule has 2 rings (SSSR count). The van der Waals surface area contributed by atoms with E-state index in [9.17, 15) is 0 Å². The molecule has 68 valence electrons. The summed E-state index contributed by atoms with van der Waals surface area (Å²) < 4.78 is 12.4. The zero-order valence-corrected chi connectivity index (χ0v) is 9.34. The summed E-state index contributed by atoms with van der Waals surface area (Å²) in [5, 5.41) is 0. The van der Waals surface area contributed by atoms with Crippen molar-refractivity contribution in [1.29, 1.82) is 0 Å². The lowest BCUT2D eigenvalue weighted by atomic mass is 9.94. The topological polar surface area (TPSA) is 18.5 Å². The Hall–Kier alpha value is 0.390. The van der Waals surface area contributed by atoms with Crippen LogP contribution in [0, 0.1) is 5.92 Å². The van der Waals surface area contributed by atoms with E-state index in [4.69, 9.17) is 9.47 Å². The maximum atomic E-state index is 5.55. The van der Waals surface area contributed by atoms with E-state index in [1.807, 2.05) is 0 Å². The van der Waals surface area contributed by atoms with Crippen molar-refractivity contribution >= 4 is 22.6 Å². The number of rotatable bonds is 0. The monoisotopic (exact) mass is 280 g/mol. The van der Waals surface area contributed by atoms with Gasteiger partial charge in [-0.15, -0.1) is 0 Å². The molecular weight excluding hydrogens is 267 g/mol. The van der Waals surface area contributed by atoms with Crippen LogP contribution < -0.4 is 0 Å². The first-order chi connectivity index (χ1) is 5.79. The fraction of sp³-hybridized carbons (Fsp3) is 0.778. The van der Waals surface area contributed by atoms with E-state index in [-0.39, 0.29) is 6.29 Å². The Labute approximate surface area is 86.4 Å². The zero-order valence-electron chi connectivity index (χ0n) is 7.18. The molecule has 2 aliphatic heterocycles. The molecule has 0 aromatic carbocycles. The van der Waals surface area contributed by atoms with E-state index in [1.165, 1.54) is 22.0 Å². The van der Waals surface area contributed by atoms with Crippen molar-refractivity contribution in [2.45, 2.75) is 26.1 Å².